The van der Waals surface area contributed by atoms with Gasteiger partial charge in [-0.1, -0.05) is 24.3 Å². The minimum Gasteiger partial charge on any atom is -0.466 e. The summed E-state index contributed by atoms with van der Waals surface area (Å²) in [7, 11) is 0. The molecule has 0 saturated carbocycles. The van der Waals surface area contributed by atoms with Gasteiger partial charge in [0.2, 0.25) is 0 Å². The zero-order valence-corrected chi connectivity index (χ0v) is 12.6. The van der Waals surface area contributed by atoms with Gasteiger partial charge in [-0.15, -0.1) is 0 Å². The third-order valence-corrected chi connectivity index (χ3v) is 3.22. The molecule has 1 aliphatic rings. The van der Waals surface area contributed by atoms with Crippen LogP contribution in [0.3, 0.4) is 0 Å². The van der Waals surface area contributed by atoms with Crippen LogP contribution in [0.25, 0.3) is 0 Å². The molecule has 0 fully saturated rings. The van der Waals surface area contributed by atoms with Gasteiger partial charge in [0.15, 0.2) is 0 Å². The first-order chi connectivity index (χ1) is 10.7. The average Bonchev–Trinajstić information content (AvgIpc) is 2.55. The molecule has 1 heterocycles. The van der Waals surface area contributed by atoms with Crippen LogP contribution in [0.1, 0.15) is 30.1 Å². The van der Waals surface area contributed by atoms with Gasteiger partial charge in [-0.25, -0.2) is 4.79 Å². The highest BCUT2D eigenvalue weighted by Crippen LogP contribution is 2.15. The normalized spacial score (nSPS) is 20.4. The van der Waals surface area contributed by atoms with Crippen LogP contribution in [-0.2, 0) is 19.0 Å². The van der Waals surface area contributed by atoms with Gasteiger partial charge in [-0.05, 0) is 31.6 Å². The molecule has 118 valence electrons. The fourth-order valence-corrected chi connectivity index (χ4v) is 2.10. The zero-order valence-electron chi connectivity index (χ0n) is 12.6. The first-order valence-electron chi connectivity index (χ1n) is 7.40. The van der Waals surface area contributed by atoms with Gasteiger partial charge in [0.25, 0.3) is 0 Å². The molecule has 1 aromatic rings. The molecule has 0 radical (unpaired) electrons. The largest absolute Gasteiger partial charge is 0.466 e. The van der Waals surface area contributed by atoms with Crippen LogP contribution in [0.4, 0.5) is 0 Å². The summed E-state index contributed by atoms with van der Waals surface area (Å²) >= 11 is 0. The molecule has 1 unspecified atom stereocenters. The van der Waals surface area contributed by atoms with Crippen LogP contribution < -0.4 is 0 Å². The van der Waals surface area contributed by atoms with E-state index in [1.54, 1.807) is 37.3 Å². The maximum atomic E-state index is 11.9. The molecular formula is C17H20O5. The fraction of sp³-hybridized carbons (Fsp3) is 0.412. The second-order valence-corrected chi connectivity index (χ2v) is 4.91. The Morgan fingerprint density at radius 1 is 1.23 bits per heavy atom. The highest BCUT2D eigenvalue weighted by molar-refractivity contribution is 5.89. The Balaban J connectivity index is 1.77. The Morgan fingerprint density at radius 2 is 2.00 bits per heavy atom. The van der Waals surface area contributed by atoms with E-state index in [0.717, 1.165) is 0 Å². The molecule has 0 N–H and O–H groups in total. The number of carbonyl (C=O) groups is 2. The molecule has 0 amide bonds. The van der Waals surface area contributed by atoms with Crippen LogP contribution in [0.2, 0.25) is 0 Å². The van der Waals surface area contributed by atoms with Crippen molar-refractivity contribution in [1.82, 2.24) is 0 Å². The number of carbonyl (C=O) groups excluding carboxylic acids is 2. The molecule has 1 aromatic carbocycles. The van der Waals surface area contributed by atoms with E-state index in [0.29, 0.717) is 31.6 Å². The molecule has 2 rings (SSSR count). The van der Waals surface area contributed by atoms with E-state index >= 15 is 0 Å². The Hall–Kier alpha value is -2.14. The Kier molecular flexibility index (Phi) is 6.15. The van der Waals surface area contributed by atoms with Crippen LogP contribution in [0.5, 0.6) is 0 Å². The Labute approximate surface area is 129 Å². The van der Waals surface area contributed by atoms with E-state index in [-0.39, 0.29) is 18.0 Å². The summed E-state index contributed by atoms with van der Waals surface area (Å²) in [5.41, 5.74) is 0.514. The lowest BCUT2D eigenvalue weighted by Gasteiger charge is -2.23. The van der Waals surface area contributed by atoms with Crippen molar-refractivity contribution in [3.8, 4) is 0 Å². The van der Waals surface area contributed by atoms with Crippen LogP contribution in [0.15, 0.2) is 42.5 Å². The summed E-state index contributed by atoms with van der Waals surface area (Å²) in [6.45, 7) is 2.46. The lowest BCUT2D eigenvalue weighted by Crippen LogP contribution is -2.29. The molecule has 5 nitrogen and oxygen atoms in total. The fourth-order valence-electron chi connectivity index (χ4n) is 2.10. The van der Waals surface area contributed by atoms with Crippen molar-refractivity contribution in [3.63, 3.8) is 0 Å². The molecule has 5 heteroatoms. The number of hydrogen-bond acceptors (Lipinski definition) is 5. The molecule has 0 saturated heterocycles. The molecule has 0 aliphatic carbocycles. The van der Waals surface area contributed by atoms with Crippen LogP contribution in [-0.4, -0.2) is 37.4 Å². The van der Waals surface area contributed by atoms with Gasteiger partial charge in [0.05, 0.1) is 24.9 Å². The molecule has 2 atom stereocenters. The van der Waals surface area contributed by atoms with E-state index in [1.165, 1.54) is 0 Å². The number of benzene rings is 1. The third-order valence-electron chi connectivity index (χ3n) is 3.22. The standard InChI is InChI=1S/C17H20O5/c1-2-20-16(18)11-10-14-8-9-15(12-21-14)22-17(19)13-6-4-3-5-7-13/h3-9,14-15H,2,10-12H2,1H3/t14?,15-/m0/s1. The maximum Gasteiger partial charge on any atom is 0.338 e. The van der Waals surface area contributed by atoms with Gasteiger partial charge in [0, 0.05) is 6.42 Å². The minimum absolute atomic E-state index is 0.143. The highest BCUT2D eigenvalue weighted by atomic mass is 16.6. The lowest BCUT2D eigenvalue weighted by molar-refractivity contribution is -0.143. The zero-order chi connectivity index (χ0) is 15.8. The lowest BCUT2D eigenvalue weighted by atomic mass is 10.1. The van der Waals surface area contributed by atoms with Crippen molar-refractivity contribution < 1.29 is 23.8 Å². The Morgan fingerprint density at radius 3 is 2.64 bits per heavy atom. The average molecular weight is 304 g/mol. The molecule has 1 aliphatic heterocycles. The summed E-state index contributed by atoms with van der Waals surface area (Å²) in [4.78, 5) is 23.2. The van der Waals surface area contributed by atoms with Gasteiger partial charge < -0.3 is 14.2 Å². The third kappa shape index (κ3) is 5.00. The van der Waals surface area contributed by atoms with E-state index in [2.05, 4.69) is 0 Å². The van der Waals surface area contributed by atoms with E-state index in [9.17, 15) is 9.59 Å². The number of esters is 2. The van der Waals surface area contributed by atoms with E-state index in [4.69, 9.17) is 14.2 Å². The topological polar surface area (TPSA) is 61.8 Å². The molecule has 0 aromatic heterocycles. The number of rotatable bonds is 6. The van der Waals surface area contributed by atoms with Crippen molar-refractivity contribution in [3.05, 3.63) is 48.0 Å². The van der Waals surface area contributed by atoms with Crippen molar-refractivity contribution in [2.45, 2.75) is 32.0 Å². The molecular weight excluding hydrogens is 284 g/mol. The van der Waals surface area contributed by atoms with Crippen molar-refractivity contribution in [1.29, 1.82) is 0 Å². The SMILES string of the molecule is CCOC(=O)CCC1C=C[C@H](OC(=O)c2ccccc2)CO1. The first-order valence-corrected chi connectivity index (χ1v) is 7.40. The van der Waals surface area contributed by atoms with Crippen LogP contribution in [0, 0.1) is 0 Å². The number of hydrogen-bond donors (Lipinski definition) is 0. The summed E-state index contributed by atoms with van der Waals surface area (Å²) in [5, 5.41) is 0. The highest BCUT2D eigenvalue weighted by Gasteiger charge is 2.20. The maximum absolute atomic E-state index is 11.9. The molecule has 0 spiro atoms. The predicted octanol–water partition coefficient (Wildman–Crippen LogP) is 2.51. The van der Waals surface area contributed by atoms with Crippen molar-refractivity contribution >= 4 is 11.9 Å². The van der Waals surface area contributed by atoms with Crippen molar-refractivity contribution in [2.24, 2.45) is 0 Å². The first kappa shape index (κ1) is 16.2. The monoisotopic (exact) mass is 304 g/mol. The Bertz CT molecular complexity index is 523. The van der Waals surface area contributed by atoms with Gasteiger partial charge in [-0.3, -0.25) is 4.79 Å². The predicted molar refractivity (Wildman–Crippen MR) is 80.4 cm³/mol. The van der Waals surface area contributed by atoms with Crippen LogP contribution >= 0.6 is 0 Å². The van der Waals surface area contributed by atoms with Gasteiger partial charge in [0.1, 0.15) is 6.10 Å². The summed E-state index contributed by atoms with van der Waals surface area (Å²) < 4.78 is 15.8. The quantitative estimate of drug-likeness (QED) is 0.597. The van der Waals surface area contributed by atoms with E-state index < -0.39 is 6.10 Å². The van der Waals surface area contributed by atoms with Gasteiger partial charge >= 0.3 is 11.9 Å². The summed E-state index contributed by atoms with van der Waals surface area (Å²) in [5.74, 6) is -0.596. The molecule has 22 heavy (non-hydrogen) atoms. The second-order valence-electron chi connectivity index (χ2n) is 4.91. The second kappa shape index (κ2) is 8.34. The number of ether oxygens (including phenoxy) is 3. The smallest absolute Gasteiger partial charge is 0.338 e. The summed E-state index contributed by atoms with van der Waals surface area (Å²) in [6.07, 6.45) is 3.97. The van der Waals surface area contributed by atoms with Gasteiger partial charge in [-0.2, -0.15) is 0 Å². The molecule has 0 bridgehead atoms. The van der Waals surface area contributed by atoms with E-state index in [1.807, 2.05) is 12.1 Å². The summed E-state index contributed by atoms with van der Waals surface area (Å²) in [6, 6.07) is 8.83. The minimum atomic E-state index is -0.397. The van der Waals surface area contributed by atoms with Crippen molar-refractivity contribution in [2.75, 3.05) is 13.2 Å².